The van der Waals surface area contributed by atoms with E-state index < -0.39 is 0 Å². The third kappa shape index (κ3) is 3.87. The number of likely N-dealkylation sites (N-methyl/N-ethyl adjacent to an activating group) is 1. The number of pyridine rings is 1. The molecular weight excluding hydrogens is 409 g/mol. The molecule has 0 radical (unpaired) electrons. The van der Waals surface area contributed by atoms with Gasteiger partial charge in [0.1, 0.15) is 12.4 Å². The van der Waals surface area contributed by atoms with Crippen LogP contribution in [0, 0.1) is 11.2 Å². The number of rotatable bonds is 7. The molecule has 0 atom stereocenters. The van der Waals surface area contributed by atoms with E-state index >= 15 is 0 Å². The first-order chi connectivity index (χ1) is 15.6. The zero-order valence-corrected chi connectivity index (χ0v) is 18.5. The fourth-order valence-corrected chi connectivity index (χ4v) is 4.54. The molecule has 2 aliphatic heterocycles. The number of nitrogens with zero attached hydrogens (tertiary/aromatic N) is 2. The summed E-state index contributed by atoms with van der Waals surface area (Å²) in [7, 11) is 3.37. The molecule has 6 nitrogen and oxygen atoms in total. The maximum Gasteiger partial charge on any atom is 0.165 e. The highest BCUT2D eigenvalue weighted by atomic mass is 19.1. The highest BCUT2D eigenvalue weighted by Gasteiger charge is 2.44. The highest BCUT2D eigenvalue weighted by Crippen LogP contribution is 2.42. The summed E-state index contributed by atoms with van der Waals surface area (Å²) in [6.45, 7) is 4.84. The van der Waals surface area contributed by atoms with Crippen LogP contribution in [0.15, 0.2) is 42.5 Å². The first kappa shape index (κ1) is 21.0. The molecule has 0 bridgehead atoms. The summed E-state index contributed by atoms with van der Waals surface area (Å²) in [6.07, 6.45) is 1.09. The number of aromatic nitrogens is 1. The van der Waals surface area contributed by atoms with E-state index in [0.29, 0.717) is 6.61 Å². The Morgan fingerprint density at radius 3 is 2.66 bits per heavy atom. The Kier molecular flexibility index (Phi) is 5.61. The Morgan fingerprint density at radius 2 is 2.00 bits per heavy atom. The fourth-order valence-electron chi connectivity index (χ4n) is 4.54. The van der Waals surface area contributed by atoms with Crippen molar-refractivity contribution >= 4 is 16.6 Å². The third-order valence-electron chi connectivity index (χ3n) is 6.43. The van der Waals surface area contributed by atoms with Crippen molar-refractivity contribution < 1.29 is 18.6 Å². The second kappa shape index (κ2) is 8.56. The summed E-state index contributed by atoms with van der Waals surface area (Å²) in [5.41, 5.74) is 3.78. The Balaban J connectivity index is 1.53. The number of nitrogens with one attached hydrogen (secondary N) is 1. The lowest BCUT2D eigenvalue weighted by Gasteiger charge is -2.38. The van der Waals surface area contributed by atoms with Crippen molar-refractivity contribution in [2.45, 2.75) is 6.42 Å². The molecule has 1 N–H and O–H groups in total. The molecule has 0 saturated carbocycles. The smallest absolute Gasteiger partial charge is 0.165 e. The minimum absolute atomic E-state index is 0.201. The first-order valence-corrected chi connectivity index (χ1v) is 11.0. The second-order valence-electron chi connectivity index (χ2n) is 8.67. The molecule has 2 aromatic carbocycles. The molecule has 0 unspecified atom stereocenters. The van der Waals surface area contributed by atoms with Crippen molar-refractivity contribution in [3.8, 4) is 22.8 Å². The van der Waals surface area contributed by atoms with Crippen molar-refractivity contribution in [1.29, 1.82) is 0 Å². The molecule has 0 aliphatic carbocycles. The van der Waals surface area contributed by atoms with Gasteiger partial charge < -0.3 is 24.4 Å². The standard InChI is InChI=1S/C25H28FN3O3/c1-27-8-10-32-18-5-3-17(4-6-18)21-12-23(29-9-7-25(14-29)15-31-16-25)19-11-20(26)24(30-2)13-22(19)28-21/h3-6,11-13,27H,7-10,14-16H2,1-2H3. The van der Waals surface area contributed by atoms with Gasteiger partial charge in [-0.1, -0.05) is 0 Å². The second-order valence-corrected chi connectivity index (χ2v) is 8.67. The molecule has 168 valence electrons. The van der Waals surface area contributed by atoms with Crippen LogP contribution >= 0.6 is 0 Å². The maximum atomic E-state index is 14.6. The van der Waals surface area contributed by atoms with Gasteiger partial charge in [0.2, 0.25) is 0 Å². The van der Waals surface area contributed by atoms with Gasteiger partial charge in [-0.3, -0.25) is 0 Å². The molecule has 2 aliphatic rings. The number of hydrogen-bond acceptors (Lipinski definition) is 6. The van der Waals surface area contributed by atoms with Crippen LogP contribution in [0.1, 0.15) is 6.42 Å². The van der Waals surface area contributed by atoms with Gasteiger partial charge in [0, 0.05) is 47.8 Å². The lowest BCUT2D eigenvalue weighted by atomic mass is 9.85. The summed E-state index contributed by atoms with van der Waals surface area (Å²) < 4.78 is 31.0. The Morgan fingerprint density at radius 1 is 1.19 bits per heavy atom. The van der Waals surface area contributed by atoms with E-state index in [-0.39, 0.29) is 17.0 Å². The zero-order chi connectivity index (χ0) is 22.1. The van der Waals surface area contributed by atoms with Gasteiger partial charge in [0.05, 0.1) is 31.5 Å². The maximum absolute atomic E-state index is 14.6. The van der Waals surface area contributed by atoms with Crippen LogP contribution in [0.5, 0.6) is 11.5 Å². The number of hydrogen-bond donors (Lipinski definition) is 1. The van der Waals surface area contributed by atoms with E-state index in [9.17, 15) is 4.39 Å². The molecule has 3 heterocycles. The number of anilines is 1. The van der Waals surface area contributed by atoms with Crippen molar-refractivity contribution in [1.82, 2.24) is 10.3 Å². The van der Waals surface area contributed by atoms with E-state index in [1.165, 1.54) is 7.11 Å². The quantitative estimate of drug-likeness (QED) is 0.567. The highest BCUT2D eigenvalue weighted by molar-refractivity contribution is 5.95. The average Bonchev–Trinajstić information content (AvgIpc) is 3.25. The van der Waals surface area contributed by atoms with Gasteiger partial charge in [-0.05, 0) is 49.9 Å². The van der Waals surface area contributed by atoms with E-state index in [1.54, 1.807) is 12.1 Å². The molecule has 7 heteroatoms. The SMILES string of the molecule is CNCCOc1ccc(-c2cc(N3CCC4(COC4)C3)c3cc(F)c(OC)cc3n2)cc1. The van der Waals surface area contributed by atoms with E-state index in [1.807, 2.05) is 31.3 Å². The summed E-state index contributed by atoms with van der Waals surface area (Å²) in [6, 6.07) is 13.2. The Bertz CT molecular complexity index is 1120. The minimum atomic E-state index is -0.375. The van der Waals surface area contributed by atoms with Crippen LogP contribution in [0.3, 0.4) is 0 Å². The Hall–Kier alpha value is -2.90. The molecule has 32 heavy (non-hydrogen) atoms. The van der Waals surface area contributed by atoms with Crippen LogP contribution in [-0.4, -0.2) is 58.6 Å². The predicted molar refractivity (Wildman–Crippen MR) is 123 cm³/mol. The summed E-state index contributed by atoms with van der Waals surface area (Å²) in [5.74, 6) is 0.645. The molecule has 2 fully saturated rings. The molecule has 0 amide bonds. The predicted octanol–water partition coefficient (Wildman–Crippen LogP) is 3.87. The van der Waals surface area contributed by atoms with Crippen LogP contribution in [0.2, 0.25) is 0 Å². The largest absolute Gasteiger partial charge is 0.494 e. The van der Waals surface area contributed by atoms with E-state index in [2.05, 4.69) is 16.3 Å². The van der Waals surface area contributed by atoms with Crippen molar-refractivity contribution in [3.63, 3.8) is 0 Å². The first-order valence-electron chi connectivity index (χ1n) is 11.0. The van der Waals surface area contributed by atoms with Crippen molar-refractivity contribution in [2.24, 2.45) is 5.41 Å². The zero-order valence-electron chi connectivity index (χ0n) is 18.5. The lowest BCUT2D eigenvalue weighted by Crippen LogP contribution is -2.44. The van der Waals surface area contributed by atoms with Crippen molar-refractivity contribution in [3.05, 3.63) is 48.3 Å². The fraction of sp³-hybridized carbons (Fsp3) is 0.400. The number of benzene rings is 2. The molecule has 1 spiro atoms. The van der Waals surface area contributed by atoms with Gasteiger partial charge in [-0.25, -0.2) is 9.37 Å². The van der Waals surface area contributed by atoms with E-state index in [4.69, 9.17) is 19.2 Å². The van der Waals surface area contributed by atoms with Crippen LogP contribution in [0.25, 0.3) is 22.2 Å². The number of methoxy groups -OCH3 is 1. The van der Waals surface area contributed by atoms with E-state index in [0.717, 1.165) is 72.9 Å². The lowest BCUT2D eigenvalue weighted by molar-refractivity contribution is -0.0985. The van der Waals surface area contributed by atoms with Gasteiger partial charge >= 0.3 is 0 Å². The van der Waals surface area contributed by atoms with Gasteiger partial charge in [-0.15, -0.1) is 0 Å². The summed E-state index contributed by atoms with van der Waals surface area (Å²) in [4.78, 5) is 7.20. The number of halogens is 1. The van der Waals surface area contributed by atoms with Crippen LogP contribution in [0.4, 0.5) is 10.1 Å². The van der Waals surface area contributed by atoms with Crippen molar-refractivity contribution in [2.75, 3.05) is 58.5 Å². The normalized spacial score (nSPS) is 17.0. The summed E-state index contributed by atoms with van der Waals surface area (Å²) in [5, 5.41) is 3.87. The Labute approximate surface area is 187 Å². The monoisotopic (exact) mass is 437 g/mol. The molecule has 5 rings (SSSR count). The number of fused-ring (bicyclic) bond motifs is 1. The summed E-state index contributed by atoms with van der Waals surface area (Å²) >= 11 is 0. The van der Waals surface area contributed by atoms with Gasteiger partial charge in [0.15, 0.2) is 11.6 Å². The van der Waals surface area contributed by atoms with Crippen LogP contribution < -0.4 is 19.7 Å². The number of ether oxygens (including phenoxy) is 3. The van der Waals surface area contributed by atoms with Crippen LogP contribution in [-0.2, 0) is 4.74 Å². The topological polar surface area (TPSA) is 55.9 Å². The third-order valence-corrected chi connectivity index (χ3v) is 6.43. The minimum Gasteiger partial charge on any atom is -0.494 e. The average molecular weight is 438 g/mol. The molecule has 1 aromatic heterocycles. The molecule has 3 aromatic rings. The molecular formula is C25H28FN3O3. The van der Waals surface area contributed by atoms with Gasteiger partial charge in [-0.2, -0.15) is 0 Å². The molecule has 2 saturated heterocycles. The van der Waals surface area contributed by atoms with Gasteiger partial charge in [0.25, 0.3) is 0 Å².